The molecule has 5 aromatic heterocycles. The van der Waals surface area contributed by atoms with Gasteiger partial charge in [-0.1, -0.05) is 359 Å². The Morgan fingerprint density at radius 1 is 0.257 bits per heavy atom. The van der Waals surface area contributed by atoms with E-state index >= 15 is 0 Å². The topological polar surface area (TPSA) is 177 Å². The highest BCUT2D eigenvalue weighted by atomic mass is 32.1. The van der Waals surface area contributed by atoms with Gasteiger partial charge < -0.3 is 19.5 Å². The maximum atomic E-state index is 9.31. The van der Waals surface area contributed by atoms with Gasteiger partial charge in [-0.3, -0.25) is 4.98 Å². The van der Waals surface area contributed by atoms with Crippen LogP contribution >= 0.6 is 11.3 Å². The van der Waals surface area contributed by atoms with Gasteiger partial charge in [-0.25, -0.2) is 19.9 Å². The van der Waals surface area contributed by atoms with Crippen molar-refractivity contribution in [3.05, 3.63) is 501 Å². The van der Waals surface area contributed by atoms with Crippen molar-refractivity contribution in [2.24, 2.45) is 0 Å². The van der Waals surface area contributed by atoms with Crippen LogP contribution in [0.5, 0.6) is 0 Å². The predicted molar refractivity (Wildman–Crippen MR) is 589 cm³/mol. The summed E-state index contributed by atoms with van der Waals surface area (Å²) < 4.78 is 2.52. The van der Waals surface area contributed by atoms with Crippen molar-refractivity contribution < 1.29 is 0 Å². The van der Waals surface area contributed by atoms with Gasteiger partial charge in [0, 0.05) is 61.2 Å². The Morgan fingerprint density at radius 3 is 1.03 bits per heavy atom. The summed E-state index contributed by atoms with van der Waals surface area (Å²) >= 11 is 1.83. The molecule has 0 unspecified atom stereocenters. The summed E-state index contributed by atoms with van der Waals surface area (Å²) in [7, 11) is 0. The quantitative estimate of drug-likeness (QED) is 0.0540. The molecule has 0 atom stereocenters. The van der Waals surface area contributed by atoms with Gasteiger partial charge in [0.1, 0.15) is 40.3 Å². The molecule has 15 heteroatoms. The largest absolute Gasteiger partial charge is 0.370 e. The summed E-state index contributed by atoms with van der Waals surface area (Å²) in [5.74, 6) is -0.491. The standard InChI is InChI=1S/C66H48N2.C45H27NS.C18H3N11/c1-6-16-49(17-7-1)53-26-37-60(38-27-53)67(61-39-28-54(29-40-61)50-18-8-2-9-19-50)62-41-30-56(31-42-62)57-34-45-64(46-35-57)68(63-43-32-55(33-44-63)51-20-10-3-11-21-51)66-47-36-59(52-22-12-4-13-23-52)48-65(66)58-24-14-5-15-25-58;1-3-11-30-25-32(19-17-28(30)9-1)42-36-14-5-6-15-37(36)43(33-20-18-29-10-2-4-12-31(29)26-33)40-27-34(21-22-38(40)42)44-45-39(23-24-46-44)35-13-7-8-16-41(35)47-45;1-7-8(4-19)25-13-11(24-7)12-14(27-10(6-21)9(5-20)26-12)16-15(13)28-17(22-2)18(23-3)29-16/h1-48H;1-27H;1H3. The fourth-order valence-corrected chi connectivity index (χ4v) is 20.7. The molecule has 0 aliphatic carbocycles. The minimum Gasteiger partial charge on any atom is -0.370 e. The Balaban J connectivity index is 0.000000130. The van der Waals surface area contributed by atoms with Gasteiger partial charge >= 0.3 is 0 Å². The van der Waals surface area contributed by atoms with E-state index in [4.69, 9.17) is 18.1 Å². The van der Waals surface area contributed by atoms with E-state index < -0.39 is 0 Å². The van der Waals surface area contributed by atoms with Gasteiger partial charge in [-0.15, -0.1) is 21.3 Å². The molecular formula is C129H78N14S. The van der Waals surface area contributed by atoms with E-state index in [-0.39, 0.29) is 61.8 Å². The summed E-state index contributed by atoms with van der Waals surface area (Å²) in [6.45, 7) is 16.1. The monoisotopic (exact) mass is 1850 g/mol. The summed E-state index contributed by atoms with van der Waals surface area (Å²) in [4.78, 5) is 41.6. The van der Waals surface area contributed by atoms with Crippen LogP contribution < -0.4 is 9.80 Å². The number of benzene rings is 20. The third-order valence-corrected chi connectivity index (χ3v) is 27.6. The summed E-state index contributed by atoms with van der Waals surface area (Å²) in [6.07, 6.45) is 1.96. The lowest BCUT2D eigenvalue weighted by Gasteiger charge is -2.29. The van der Waals surface area contributed by atoms with Crippen molar-refractivity contribution in [1.82, 2.24) is 34.9 Å². The number of aromatic nitrogens is 7. The van der Waals surface area contributed by atoms with Crippen molar-refractivity contribution in [2.45, 2.75) is 6.92 Å². The summed E-state index contributed by atoms with van der Waals surface area (Å²) in [5.41, 5.74) is 28.5. The van der Waals surface area contributed by atoms with Crippen molar-refractivity contribution in [3.63, 3.8) is 0 Å². The number of anilines is 6. The maximum absolute atomic E-state index is 9.31. The van der Waals surface area contributed by atoms with Crippen LogP contribution in [0.4, 0.5) is 45.8 Å². The number of hydrogen-bond donors (Lipinski definition) is 0. The van der Waals surface area contributed by atoms with Gasteiger partial charge in [-0.05, 0) is 237 Å². The second-order valence-corrected chi connectivity index (χ2v) is 35.9. The summed E-state index contributed by atoms with van der Waals surface area (Å²) in [5, 5.41) is 40.5. The lowest BCUT2D eigenvalue weighted by molar-refractivity contribution is 1.14. The first-order chi connectivity index (χ1) is 71.1. The minimum atomic E-state index is -0.251. The van der Waals surface area contributed by atoms with Crippen LogP contribution in [0.1, 0.15) is 22.8 Å². The molecule has 670 valence electrons. The van der Waals surface area contributed by atoms with E-state index in [0.717, 1.165) is 67.6 Å². The van der Waals surface area contributed by atoms with Crippen LogP contribution in [0.15, 0.2) is 455 Å². The zero-order valence-corrected chi connectivity index (χ0v) is 78.3. The highest BCUT2D eigenvalue weighted by Gasteiger charge is 2.29. The SMILES string of the molecule is [C-]#[N+]c1nc2c3nc(C#N)c(C)nc3c3nc(C#N)c(C#N)nc3c2nc1[N+]#[C-].c1ccc(-c2ccc(N(c3ccc(-c4ccccc4)cc3)c3ccc(-c4ccc(N(c5ccc(-c6ccccc6)cc5)c5ccc(-c6ccccc6)cc5-c5ccccc5)cc4)cc3)cc2)cc1.c1ccc2cc(-c3c4ccccc4c(-c4ccc5ccccc5c4)c4cc(-c5nccc6c5sc5ccccc56)ccc34)ccc2c1. The second-order valence-electron chi connectivity index (χ2n) is 34.9. The molecule has 0 radical (unpaired) electrons. The van der Waals surface area contributed by atoms with Gasteiger partial charge in [-0.2, -0.15) is 15.8 Å². The number of nitriles is 3. The fourth-order valence-electron chi connectivity index (χ4n) is 19.4. The number of rotatable bonds is 15. The van der Waals surface area contributed by atoms with E-state index in [1.807, 2.05) is 29.7 Å². The van der Waals surface area contributed by atoms with Gasteiger partial charge in [0.15, 0.2) is 17.1 Å². The molecule has 0 bridgehead atoms. The molecule has 25 aromatic rings. The number of aryl methyl sites for hydroxylation is 1. The first-order valence-electron chi connectivity index (χ1n) is 47.0. The van der Waals surface area contributed by atoms with E-state index in [9.17, 15) is 15.8 Å². The van der Waals surface area contributed by atoms with Crippen LogP contribution in [0, 0.1) is 54.1 Å². The molecule has 0 aliphatic rings. The molecule has 0 spiro atoms. The maximum Gasteiger partial charge on any atom is 0.294 e. The molecule has 0 aliphatic heterocycles. The predicted octanol–water partition coefficient (Wildman–Crippen LogP) is 34.2. The molecule has 14 nitrogen and oxygen atoms in total. The molecule has 0 saturated carbocycles. The van der Waals surface area contributed by atoms with Crippen molar-refractivity contribution >= 4 is 153 Å². The molecule has 0 fully saturated rings. The molecule has 25 rings (SSSR count). The van der Waals surface area contributed by atoms with Crippen LogP contribution in [0.25, 0.3) is 206 Å². The average Bonchev–Trinajstić information content (AvgIpc) is 0.980. The lowest BCUT2D eigenvalue weighted by atomic mass is 9.84. The third-order valence-electron chi connectivity index (χ3n) is 26.4. The lowest BCUT2D eigenvalue weighted by Crippen LogP contribution is -2.11. The Hall–Kier alpha value is -20.1. The first kappa shape index (κ1) is 87.9. The van der Waals surface area contributed by atoms with Crippen molar-refractivity contribution in [2.75, 3.05) is 9.80 Å². The fraction of sp³-hybridized carbons (Fsp3) is 0.00775. The van der Waals surface area contributed by atoms with Crippen molar-refractivity contribution in [3.8, 4) is 118 Å². The molecule has 20 aromatic carbocycles. The number of nitrogens with zero attached hydrogens (tertiary/aromatic N) is 14. The van der Waals surface area contributed by atoms with Crippen LogP contribution in [0.3, 0.4) is 0 Å². The zero-order chi connectivity index (χ0) is 97.1. The molecule has 0 saturated heterocycles. The van der Waals surface area contributed by atoms with E-state index in [1.54, 1.807) is 13.0 Å². The Labute approximate surface area is 834 Å². The van der Waals surface area contributed by atoms with E-state index in [1.165, 1.54) is 130 Å². The van der Waals surface area contributed by atoms with Crippen LogP contribution in [-0.4, -0.2) is 34.9 Å². The smallest absolute Gasteiger partial charge is 0.294 e. The highest BCUT2D eigenvalue weighted by molar-refractivity contribution is 7.26. The molecular weight excluding hydrogens is 1780 g/mol. The average molecular weight is 1860 g/mol. The molecule has 5 heterocycles. The Morgan fingerprint density at radius 2 is 0.590 bits per heavy atom. The number of thiophene rings is 1. The van der Waals surface area contributed by atoms with E-state index in [2.05, 4.69) is 498 Å². The Bertz CT molecular complexity index is 9420. The number of fused-ring (bicyclic) bond motifs is 13. The summed E-state index contributed by atoms with van der Waals surface area (Å²) in [6, 6.07) is 168. The van der Waals surface area contributed by atoms with Crippen LogP contribution in [-0.2, 0) is 0 Å². The number of hydrogen-bond acceptors (Lipinski definition) is 13. The van der Waals surface area contributed by atoms with E-state index in [0.29, 0.717) is 5.69 Å². The van der Waals surface area contributed by atoms with Gasteiger partial charge in [0.25, 0.3) is 11.6 Å². The molecule has 0 N–H and O–H groups in total. The second kappa shape index (κ2) is 38.5. The van der Waals surface area contributed by atoms with Gasteiger partial charge in [0.2, 0.25) is 11.0 Å². The number of pyridine rings is 1. The van der Waals surface area contributed by atoms with Gasteiger partial charge in [0.05, 0.1) is 21.8 Å². The molecule has 0 amide bonds. The van der Waals surface area contributed by atoms with Crippen LogP contribution in [0.2, 0.25) is 0 Å². The Kier molecular flexibility index (Phi) is 23.5. The zero-order valence-electron chi connectivity index (χ0n) is 77.5. The highest BCUT2D eigenvalue weighted by Crippen LogP contribution is 2.50. The molecule has 144 heavy (non-hydrogen) atoms. The van der Waals surface area contributed by atoms with Crippen molar-refractivity contribution in [1.29, 1.82) is 15.8 Å². The minimum absolute atomic E-state index is 0.0423. The first-order valence-corrected chi connectivity index (χ1v) is 47.8. The normalized spacial score (nSPS) is 11.1. The third kappa shape index (κ3) is 16.8.